The van der Waals surface area contributed by atoms with Crippen LogP contribution in [-0.4, -0.2) is 15.9 Å². The van der Waals surface area contributed by atoms with Gasteiger partial charge in [0.05, 0.1) is 16.7 Å². The molecule has 3 rings (SSSR count). The minimum atomic E-state index is 0.0730. The summed E-state index contributed by atoms with van der Waals surface area (Å²) in [5.74, 6) is 0.0730. The van der Waals surface area contributed by atoms with Crippen molar-refractivity contribution in [3.63, 3.8) is 0 Å². The van der Waals surface area contributed by atoms with Gasteiger partial charge in [-0.15, -0.1) is 0 Å². The number of unbranched alkanes of at least 4 members (excludes halogenated alkanes) is 5. The third kappa shape index (κ3) is 4.32. The number of nitrogens with zero attached hydrogens (tertiary/aromatic N) is 2. The number of carbonyl (C=O) groups excluding carboxylic acids is 1. The van der Waals surface area contributed by atoms with Crippen molar-refractivity contribution >= 4 is 33.4 Å². The number of hydrogen-bond donors (Lipinski definition) is 1. The third-order valence-corrected chi connectivity index (χ3v) is 4.49. The van der Waals surface area contributed by atoms with E-state index in [-0.39, 0.29) is 5.91 Å². The van der Waals surface area contributed by atoms with Crippen LogP contribution >= 0.6 is 0 Å². The Morgan fingerprint density at radius 1 is 0.960 bits per heavy atom. The molecular weight excluding hydrogens is 310 g/mol. The van der Waals surface area contributed by atoms with E-state index in [9.17, 15) is 4.79 Å². The van der Waals surface area contributed by atoms with Crippen molar-refractivity contribution in [2.75, 3.05) is 5.32 Å². The standard InChI is InChI=1S/C21H25N3O/c1-2-3-4-5-6-7-12-19(25)24-18-15-16-10-8-13-22-20(16)21-17(18)11-9-14-23-21/h8-11,13-15H,2-7,12H2,1H3,(H,24,25). The number of aromatic nitrogens is 2. The van der Waals surface area contributed by atoms with E-state index in [0.29, 0.717) is 6.42 Å². The predicted molar refractivity (Wildman–Crippen MR) is 104 cm³/mol. The van der Waals surface area contributed by atoms with E-state index >= 15 is 0 Å². The molecule has 0 bridgehead atoms. The molecule has 0 aliphatic rings. The van der Waals surface area contributed by atoms with Crippen molar-refractivity contribution in [2.45, 2.75) is 51.9 Å². The lowest BCUT2D eigenvalue weighted by molar-refractivity contribution is -0.116. The third-order valence-electron chi connectivity index (χ3n) is 4.49. The largest absolute Gasteiger partial charge is 0.325 e. The van der Waals surface area contributed by atoms with Gasteiger partial charge in [-0.1, -0.05) is 45.1 Å². The van der Waals surface area contributed by atoms with Crippen LogP contribution in [0.2, 0.25) is 0 Å². The van der Waals surface area contributed by atoms with Gasteiger partial charge in [0.15, 0.2) is 0 Å². The van der Waals surface area contributed by atoms with Gasteiger partial charge >= 0.3 is 0 Å². The summed E-state index contributed by atoms with van der Waals surface area (Å²) in [6, 6.07) is 9.77. The van der Waals surface area contributed by atoms with E-state index in [1.54, 1.807) is 12.4 Å². The summed E-state index contributed by atoms with van der Waals surface area (Å²) in [4.78, 5) is 21.2. The zero-order chi connectivity index (χ0) is 17.5. The molecule has 1 aromatic carbocycles. The lowest BCUT2D eigenvalue weighted by Crippen LogP contribution is -2.11. The molecule has 4 heteroatoms. The van der Waals surface area contributed by atoms with Crippen molar-refractivity contribution < 1.29 is 4.79 Å². The zero-order valence-electron chi connectivity index (χ0n) is 14.8. The van der Waals surface area contributed by atoms with Crippen LogP contribution in [0.4, 0.5) is 5.69 Å². The topological polar surface area (TPSA) is 54.9 Å². The molecule has 0 fully saturated rings. The highest BCUT2D eigenvalue weighted by atomic mass is 16.1. The fourth-order valence-corrected chi connectivity index (χ4v) is 3.16. The first-order chi connectivity index (χ1) is 12.3. The number of hydrogen-bond acceptors (Lipinski definition) is 3. The second-order valence-corrected chi connectivity index (χ2v) is 6.46. The summed E-state index contributed by atoms with van der Waals surface area (Å²) < 4.78 is 0. The Bertz CT molecular complexity index is 860. The molecule has 2 aromatic heterocycles. The van der Waals surface area contributed by atoms with Crippen LogP contribution in [0.1, 0.15) is 51.9 Å². The highest BCUT2D eigenvalue weighted by Gasteiger charge is 2.10. The van der Waals surface area contributed by atoms with Gasteiger partial charge in [0.25, 0.3) is 0 Å². The van der Waals surface area contributed by atoms with Crippen LogP contribution in [-0.2, 0) is 4.79 Å². The van der Waals surface area contributed by atoms with Gasteiger partial charge in [0.1, 0.15) is 0 Å². The van der Waals surface area contributed by atoms with Crippen LogP contribution in [0, 0.1) is 0 Å². The molecule has 0 aliphatic heterocycles. The number of anilines is 1. The molecule has 0 radical (unpaired) electrons. The molecule has 1 N–H and O–H groups in total. The molecule has 0 aliphatic carbocycles. The monoisotopic (exact) mass is 335 g/mol. The molecule has 0 saturated carbocycles. The molecule has 25 heavy (non-hydrogen) atoms. The van der Waals surface area contributed by atoms with Crippen LogP contribution in [0.15, 0.2) is 42.7 Å². The summed E-state index contributed by atoms with van der Waals surface area (Å²) in [5, 5.41) is 5.00. The molecule has 0 spiro atoms. The van der Waals surface area contributed by atoms with E-state index in [1.807, 2.05) is 30.3 Å². The molecule has 1 amide bonds. The first kappa shape index (κ1) is 17.3. The Labute approximate surface area is 148 Å². The second kappa shape index (κ2) is 8.56. The van der Waals surface area contributed by atoms with Gasteiger partial charge in [-0.2, -0.15) is 0 Å². The van der Waals surface area contributed by atoms with E-state index in [2.05, 4.69) is 22.2 Å². The van der Waals surface area contributed by atoms with Gasteiger partial charge in [-0.3, -0.25) is 14.8 Å². The number of benzene rings is 1. The predicted octanol–water partition coefficient (Wildman–Crippen LogP) is 5.47. The van der Waals surface area contributed by atoms with Crippen LogP contribution < -0.4 is 5.32 Å². The number of carbonyl (C=O) groups is 1. The summed E-state index contributed by atoms with van der Waals surface area (Å²) in [6.07, 6.45) is 11.2. The maximum Gasteiger partial charge on any atom is 0.224 e. The lowest BCUT2D eigenvalue weighted by Gasteiger charge is -2.10. The number of amides is 1. The number of pyridine rings is 2. The summed E-state index contributed by atoms with van der Waals surface area (Å²) >= 11 is 0. The number of fused-ring (bicyclic) bond motifs is 3. The van der Waals surface area contributed by atoms with Crippen LogP contribution in [0.3, 0.4) is 0 Å². The average molecular weight is 335 g/mol. The first-order valence-corrected chi connectivity index (χ1v) is 9.22. The Hall–Kier alpha value is -2.49. The molecule has 3 aromatic rings. The Kier molecular flexibility index (Phi) is 5.94. The molecular formula is C21H25N3O. The Morgan fingerprint density at radius 2 is 1.68 bits per heavy atom. The molecule has 4 nitrogen and oxygen atoms in total. The summed E-state index contributed by atoms with van der Waals surface area (Å²) in [5.41, 5.74) is 2.52. The molecule has 130 valence electrons. The highest BCUT2D eigenvalue weighted by Crippen LogP contribution is 2.29. The maximum absolute atomic E-state index is 12.3. The molecule has 0 saturated heterocycles. The minimum absolute atomic E-state index is 0.0730. The van der Waals surface area contributed by atoms with Crippen LogP contribution in [0.25, 0.3) is 21.8 Å². The zero-order valence-corrected chi connectivity index (χ0v) is 14.8. The fraction of sp³-hybridized carbons (Fsp3) is 0.381. The SMILES string of the molecule is CCCCCCCCC(=O)Nc1cc2cccnc2c2ncccc12. The van der Waals surface area contributed by atoms with Crippen molar-refractivity contribution in [3.05, 3.63) is 42.7 Å². The first-order valence-electron chi connectivity index (χ1n) is 9.22. The normalized spacial score (nSPS) is 11.1. The minimum Gasteiger partial charge on any atom is -0.325 e. The average Bonchev–Trinajstić information content (AvgIpc) is 2.65. The lowest BCUT2D eigenvalue weighted by atomic mass is 10.1. The van der Waals surface area contributed by atoms with Crippen LogP contribution in [0.5, 0.6) is 0 Å². The van der Waals surface area contributed by atoms with E-state index in [1.165, 1.54) is 25.7 Å². The molecule has 0 unspecified atom stereocenters. The van der Waals surface area contributed by atoms with Crippen molar-refractivity contribution in [1.82, 2.24) is 9.97 Å². The van der Waals surface area contributed by atoms with Gasteiger partial charge in [-0.25, -0.2) is 0 Å². The second-order valence-electron chi connectivity index (χ2n) is 6.46. The molecule has 2 heterocycles. The van der Waals surface area contributed by atoms with Crippen molar-refractivity contribution in [3.8, 4) is 0 Å². The Balaban J connectivity index is 1.71. The van der Waals surface area contributed by atoms with E-state index in [0.717, 1.165) is 40.3 Å². The number of rotatable bonds is 8. The summed E-state index contributed by atoms with van der Waals surface area (Å²) in [7, 11) is 0. The maximum atomic E-state index is 12.3. The highest BCUT2D eigenvalue weighted by molar-refractivity contribution is 6.11. The Morgan fingerprint density at radius 3 is 2.52 bits per heavy atom. The fourth-order valence-electron chi connectivity index (χ4n) is 3.16. The smallest absolute Gasteiger partial charge is 0.224 e. The van der Waals surface area contributed by atoms with E-state index < -0.39 is 0 Å². The van der Waals surface area contributed by atoms with Crippen molar-refractivity contribution in [2.24, 2.45) is 0 Å². The number of nitrogens with one attached hydrogen (secondary N) is 1. The summed E-state index contributed by atoms with van der Waals surface area (Å²) in [6.45, 7) is 2.21. The van der Waals surface area contributed by atoms with Gasteiger partial charge in [-0.05, 0) is 30.7 Å². The van der Waals surface area contributed by atoms with Crippen molar-refractivity contribution in [1.29, 1.82) is 0 Å². The van der Waals surface area contributed by atoms with Gasteiger partial charge in [0.2, 0.25) is 5.91 Å². The van der Waals surface area contributed by atoms with Gasteiger partial charge < -0.3 is 5.32 Å². The van der Waals surface area contributed by atoms with Gasteiger partial charge in [0, 0.05) is 29.6 Å². The van der Waals surface area contributed by atoms with E-state index in [4.69, 9.17) is 0 Å². The molecule has 0 atom stereocenters. The quantitative estimate of drug-likeness (QED) is 0.438.